The van der Waals surface area contributed by atoms with Crippen LogP contribution >= 0.6 is 0 Å². The van der Waals surface area contributed by atoms with Crippen LogP contribution in [0.2, 0.25) is 0 Å². The molecule has 4 nitrogen and oxygen atoms in total. The van der Waals surface area contributed by atoms with Gasteiger partial charge in [0.1, 0.15) is 6.61 Å². The molecule has 0 saturated carbocycles. The van der Waals surface area contributed by atoms with Gasteiger partial charge in [-0.05, 0) is 36.2 Å². The van der Waals surface area contributed by atoms with Gasteiger partial charge in [0.25, 0.3) is 0 Å². The van der Waals surface area contributed by atoms with Crippen molar-refractivity contribution in [1.29, 1.82) is 0 Å². The van der Waals surface area contributed by atoms with Crippen LogP contribution < -0.4 is 5.32 Å². The van der Waals surface area contributed by atoms with Gasteiger partial charge in [-0.2, -0.15) is 0 Å². The van der Waals surface area contributed by atoms with Gasteiger partial charge in [0.15, 0.2) is 0 Å². The molecule has 4 heteroatoms. The molecule has 0 aliphatic heterocycles. The second kappa shape index (κ2) is 8.17. The van der Waals surface area contributed by atoms with E-state index < -0.39 is 0 Å². The highest BCUT2D eigenvalue weighted by molar-refractivity contribution is 5.71. The minimum absolute atomic E-state index is 0.202. The zero-order chi connectivity index (χ0) is 14.9. The second-order valence-corrected chi connectivity index (χ2v) is 4.66. The molecule has 2 aromatic rings. The fourth-order valence-electron chi connectivity index (χ4n) is 1.86. The average molecular weight is 282 g/mol. The van der Waals surface area contributed by atoms with Crippen LogP contribution in [0.4, 0.5) is 0 Å². The van der Waals surface area contributed by atoms with E-state index >= 15 is 0 Å². The molecule has 0 amide bonds. The van der Waals surface area contributed by atoms with E-state index in [4.69, 9.17) is 11.7 Å². The van der Waals surface area contributed by atoms with Crippen LogP contribution in [-0.2, 0) is 22.6 Å². The van der Waals surface area contributed by atoms with E-state index in [1.165, 1.54) is 0 Å². The summed E-state index contributed by atoms with van der Waals surface area (Å²) in [4.78, 5) is 15.5. The lowest BCUT2D eigenvalue weighted by Crippen LogP contribution is -2.26. The van der Waals surface area contributed by atoms with Crippen LogP contribution in [0.3, 0.4) is 0 Å². The van der Waals surface area contributed by atoms with Crippen molar-refractivity contribution < 1.29 is 9.53 Å². The van der Waals surface area contributed by atoms with Crippen LogP contribution in [-0.4, -0.2) is 24.0 Å². The number of carbonyl (C=O) groups excluding carboxylic acids is 1. The molecule has 2 radical (unpaired) electrons. The summed E-state index contributed by atoms with van der Waals surface area (Å²) in [5.74, 6) is -0.256. The Morgan fingerprint density at radius 3 is 2.76 bits per heavy atom. The number of esters is 1. The van der Waals surface area contributed by atoms with Crippen molar-refractivity contribution in [3.05, 3.63) is 72.4 Å². The number of hydrogen-bond donors (Lipinski definition) is 1. The summed E-state index contributed by atoms with van der Waals surface area (Å²) >= 11 is 0. The molecule has 1 aromatic carbocycles. The zero-order valence-corrected chi connectivity index (χ0v) is 11.8. The lowest BCUT2D eigenvalue weighted by Gasteiger charge is -2.07. The van der Waals surface area contributed by atoms with Crippen molar-refractivity contribution >= 4 is 5.97 Å². The van der Waals surface area contributed by atoms with E-state index in [0.29, 0.717) is 18.8 Å². The van der Waals surface area contributed by atoms with E-state index in [-0.39, 0.29) is 12.5 Å². The van der Waals surface area contributed by atoms with Crippen LogP contribution in [0.5, 0.6) is 0 Å². The second-order valence-electron chi connectivity index (χ2n) is 4.66. The number of nitrogens with one attached hydrogen (secondary N) is 1. The van der Waals surface area contributed by atoms with Crippen molar-refractivity contribution in [1.82, 2.24) is 10.3 Å². The van der Waals surface area contributed by atoms with Gasteiger partial charge in [-0.25, -0.2) is 0 Å². The Morgan fingerprint density at radius 2 is 2.00 bits per heavy atom. The van der Waals surface area contributed by atoms with Gasteiger partial charge in [0.2, 0.25) is 0 Å². The number of aromatic nitrogens is 1. The lowest BCUT2D eigenvalue weighted by atomic mass is 10.2. The summed E-state index contributed by atoms with van der Waals surface area (Å²) in [6.07, 6.45) is 2.47. The highest BCUT2D eigenvalue weighted by Crippen LogP contribution is 2.01. The summed E-state index contributed by atoms with van der Waals surface area (Å²) in [5.41, 5.74) is 2.58. The third kappa shape index (κ3) is 5.75. The molecular formula is C17H18N2O2. The Morgan fingerprint density at radius 1 is 1.19 bits per heavy atom. The van der Waals surface area contributed by atoms with Crippen molar-refractivity contribution in [2.45, 2.75) is 13.0 Å². The quantitative estimate of drug-likeness (QED) is 0.623. The first kappa shape index (κ1) is 15.2. The highest BCUT2D eigenvalue weighted by Gasteiger charge is 2.02. The van der Waals surface area contributed by atoms with E-state index in [2.05, 4.69) is 10.3 Å². The molecular weight excluding hydrogens is 264 g/mol. The standard InChI is InChI=1S/C17H18N2O2/c1-14-11-15(8-10-19-14)7-9-18-12-17(20)21-13-16-5-3-2-4-6-16/h1-6,8,10-11,18H,7,9,12-13H2. The molecule has 0 saturated heterocycles. The maximum absolute atomic E-state index is 11.6. The summed E-state index contributed by atoms with van der Waals surface area (Å²) in [5, 5.41) is 3.05. The molecule has 21 heavy (non-hydrogen) atoms. The first-order chi connectivity index (χ1) is 10.2. The molecule has 1 N–H and O–H groups in total. The number of pyridine rings is 1. The third-order valence-corrected chi connectivity index (χ3v) is 2.95. The maximum Gasteiger partial charge on any atom is 0.320 e. The zero-order valence-electron chi connectivity index (χ0n) is 11.8. The molecule has 108 valence electrons. The van der Waals surface area contributed by atoms with Gasteiger partial charge in [-0.1, -0.05) is 30.3 Å². The lowest BCUT2D eigenvalue weighted by molar-refractivity contribution is -0.143. The largest absolute Gasteiger partial charge is 0.460 e. The van der Waals surface area contributed by atoms with Gasteiger partial charge in [0.05, 0.1) is 6.54 Å². The monoisotopic (exact) mass is 282 g/mol. The van der Waals surface area contributed by atoms with Gasteiger partial charge >= 0.3 is 5.97 Å². The van der Waals surface area contributed by atoms with Crippen LogP contribution in [0.1, 0.15) is 16.8 Å². The van der Waals surface area contributed by atoms with Crippen LogP contribution in [0, 0.1) is 6.92 Å². The average Bonchev–Trinajstić information content (AvgIpc) is 2.51. The molecule has 0 unspecified atom stereocenters. The molecule has 0 fully saturated rings. The molecule has 1 heterocycles. The van der Waals surface area contributed by atoms with Crippen molar-refractivity contribution in [3.63, 3.8) is 0 Å². The number of ether oxygens (including phenoxy) is 1. The van der Waals surface area contributed by atoms with E-state index in [1.807, 2.05) is 42.5 Å². The van der Waals surface area contributed by atoms with Gasteiger partial charge in [-0.15, -0.1) is 0 Å². The van der Waals surface area contributed by atoms with Crippen molar-refractivity contribution in [2.75, 3.05) is 13.1 Å². The number of benzene rings is 1. The first-order valence-electron chi connectivity index (χ1n) is 6.85. The Hall–Kier alpha value is -2.20. The van der Waals surface area contributed by atoms with Gasteiger partial charge in [0, 0.05) is 18.8 Å². The number of nitrogens with zero attached hydrogens (tertiary/aromatic N) is 1. The Labute approximate surface area is 125 Å². The molecule has 0 bridgehead atoms. The number of carbonyl (C=O) groups is 1. The van der Waals surface area contributed by atoms with Gasteiger partial charge in [-0.3, -0.25) is 9.78 Å². The fourth-order valence-corrected chi connectivity index (χ4v) is 1.86. The Balaban J connectivity index is 1.61. The molecule has 1 aromatic heterocycles. The van der Waals surface area contributed by atoms with Crippen molar-refractivity contribution in [3.8, 4) is 0 Å². The molecule has 2 rings (SSSR count). The first-order valence-corrected chi connectivity index (χ1v) is 6.85. The third-order valence-electron chi connectivity index (χ3n) is 2.95. The number of rotatable bonds is 7. The Kier molecular flexibility index (Phi) is 5.91. The summed E-state index contributed by atoms with van der Waals surface area (Å²) < 4.78 is 5.17. The van der Waals surface area contributed by atoms with E-state index in [0.717, 1.165) is 17.5 Å². The predicted octanol–water partition coefficient (Wildman–Crippen LogP) is 2.02. The Bertz CT molecular complexity index is 570. The molecule has 0 spiro atoms. The van der Waals surface area contributed by atoms with Crippen LogP contribution in [0.15, 0.2) is 48.7 Å². The summed E-state index contributed by atoms with van der Waals surface area (Å²) in [6, 6.07) is 13.4. The summed E-state index contributed by atoms with van der Waals surface area (Å²) in [6.45, 7) is 6.79. The van der Waals surface area contributed by atoms with Gasteiger partial charge < -0.3 is 10.1 Å². The maximum atomic E-state index is 11.6. The summed E-state index contributed by atoms with van der Waals surface area (Å²) in [7, 11) is 0. The minimum Gasteiger partial charge on any atom is -0.460 e. The minimum atomic E-state index is -0.256. The van der Waals surface area contributed by atoms with E-state index in [1.54, 1.807) is 6.20 Å². The highest BCUT2D eigenvalue weighted by atomic mass is 16.5. The van der Waals surface area contributed by atoms with Crippen molar-refractivity contribution in [2.24, 2.45) is 0 Å². The number of hydrogen-bond acceptors (Lipinski definition) is 4. The topological polar surface area (TPSA) is 51.2 Å². The van der Waals surface area contributed by atoms with E-state index in [9.17, 15) is 4.79 Å². The SMILES string of the molecule is [CH]c1cc(CCNCC(=O)OCc2ccccc2)ccn1. The molecule has 0 atom stereocenters. The smallest absolute Gasteiger partial charge is 0.320 e. The molecule has 0 aliphatic rings. The van der Waals surface area contributed by atoms with Crippen LogP contribution in [0.25, 0.3) is 0 Å². The predicted molar refractivity (Wildman–Crippen MR) is 80.5 cm³/mol. The fraction of sp³-hybridized carbons (Fsp3) is 0.235. The molecule has 0 aliphatic carbocycles. The normalized spacial score (nSPS) is 10.3.